The fourth-order valence-corrected chi connectivity index (χ4v) is 1.79. The predicted molar refractivity (Wildman–Crippen MR) is 57.2 cm³/mol. The maximum Gasteiger partial charge on any atom is 0.166 e. The van der Waals surface area contributed by atoms with Crippen molar-refractivity contribution in [2.24, 2.45) is 0 Å². The van der Waals surface area contributed by atoms with Crippen molar-refractivity contribution in [3.8, 4) is 0 Å². The van der Waals surface area contributed by atoms with E-state index < -0.39 is 0 Å². The van der Waals surface area contributed by atoms with Gasteiger partial charge in [0.25, 0.3) is 0 Å². The Balaban J connectivity index is 2.94. The van der Waals surface area contributed by atoms with Gasteiger partial charge in [0.05, 0.1) is 5.69 Å². The van der Waals surface area contributed by atoms with Crippen LogP contribution in [0.3, 0.4) is 0 Å². The Bertz CT molecular complexity index is 304. The zero-order valence-corrected chi connectivity index (χ0v) is 9.60. The first-order chi connectivity index (χ1) is 6.20. The standard InChI is InChI=1S/C10H14BrNO/c1-3-4-5-12-8(2)10(11)6-9(12)7-13/h6-7H,3-5H2,1-2H3. The molecule has 0 saturated carbocycles. The molecule has 1 heterocycles. The van der Waals surface area contributed by atoms with Gasteiger partial charge in [-0.2, -0.15) is 0 Å². The fraction of sp³-hybridized carbons (Fsp3) is 0.500. The zero-order chi connectivity index (χ0) is 9.84. The highest BCUT2D eigenvalue weighted by molar-refractivity contribution is 9.10. The molecule has 0 unspecified atom stereocenters. The van der Waals surface area contributed by atoms with Gasteiger partial charge < -0.3 is 4.57 Å². The molecule has 1 aromatic rings. The van der Waals surface area contributed by atoms with Crippen LogP contribution in [0, 0.1) is 6.92 Å². The van der Waals surface area contributed by atoms with Gasteiger partial charge in [0, 0.05) is 16.7 Å². The number of unbranched alkanes of at least 4 members (excludes halogenated alkanes) is 1. The monoisotopic (exact) mass is 243 g/mol. The summed E-state index contributed by atoms with van der Waals surface area (Å²) in [6.07, 6.45) is 3.17. The summed E-state index contributed by atoms with van der Waals surface area (Å²) in [5.41, 5.74) is 1.90. The highest BCUT2D eigenvalue weighted by Gasteiger charge is 2.07. The lowest BCUT2D eigenvalue weighted by Crippen LogP contribution is -2.03. The summed E-state index contributed by atoms with van der Waals surface area (Å²) in [4.78, 5) is 10.7. The van der Waals surface area contributed by atoms with Crippen LogP contribution >= 0.6 is 15.9 Å². The Hall–Kier alpha value is -0.570. The van der Waals surface area contributed by atoms with Gasteiger partial charge >= 0.3 is 0 Å². The van der Waals surface area contributed by atoms with Gasteiger partial charge in [-0.15, -0.1) is 0 Å². The number of hydrogen-bond donors (Lipinski definition) is 0. The normalized spacial score (nSPS) is 10.4. The molecule has 0 spiro atoms. The molecule has 0 bridgehead atoms. The summed E-state index contributed by atoms with van der Waals surface area (Å²) >= 11 is 3.42. The third-order valence-corrected chi connectivity index (χ3v) is 3.00. The molecule has 13 heavy (non-hydrogen) atoms. The van der Waals surface area contributed by atoms with Gasteiger partial charge in [0.15, 0.2) is 6.29 Å². The second kappa shape index (κ2) is 4.61. The molecule has 0 aliphatic rings. The zero-order valence-electron chi connectivity index (χ0n) is 8.01. The van der Waals surface area contributed by atoms with Crippen LogP contribution in [0.5, 0.6) is 0 Å². The Kier molecular flexibility index (Phi) is 3.72. The van der Waals surface area contributed by atoms with Crippen molar-refractivity contribution in [3.63, 3.8) is 0 Å². The molecule has 72 valence electrons. The Morgan fingerprint density at radius 2 is 2.31 bits per heavy atom. The number of aromatic nitrogens is 1. The summed E-state index contributed by atoms with van der Waals surface area (Å²) in [5, 5.41) is 0. The molecule has 0 aliphatic heterocycles. The second-order valence-corrected chi connectivity index (χ2v) is 3.98. The molecule has 1 aromatic heterocycles. The summed E-state index contributed by atoms with van der Waals surface area (Å²) in [6, 6.07) is 1.87. The predicted octanol–water partition coefficient (Wildman–Crippen LogP) is 3.17. The van der Waals surface area contributed by atoms with Crippen LogP contribution in [0.4, 0.5) is 0 Å². The van der Waals surface area contributed by atoms with Crippen molar-refractivity contribution < 1.29 is 4.79 Å². The first-order valence-corrected chi connectivity index (χ1v) is 5.30. The van der Waals surface area contributed by atoms with E-state index in [2.05, 4.69) is 27.4 Å². The van der Waals surface area contributed by atoms with Gasteiger partial charge in [0.2, 0.25) is 0 Å². The molecule has 0 aromatic carbocycles. The molecule has 0 atom stereocenters. The first kappa shape index (κ1) is 10.5. The van der Waals surface area contributed by atoms with Crippen LogP contribution in [-0.2, 0) is 6.54 Å². The maximum atomic E-state index is 10.7. The van der Waals surface area contributed by atoms with Crippen LogP contribution in [-0.4, -0.2) is 10.9 Å². The average Bonchev–Trinajstić information content (AvgIpc) is 2.40. The van der Waals surface area contributed by atoms with E-state index in [9.17, 15) is 4.79 Å². The van der Waals surface area contributed by atoms with Crippen LogP contribution in [0.1, 0.15) is 35.9 Å². The van der Waals surface area contributed by atoms with Gasteiger partial charge in [-0.1, -0.05) is 13.3 Å². The van der Waals surface area contributed by atoms with Crippen molar-refractivity contribution in [2.75, 3.05) is 0 Å². The van der Waals surface area contributed by atoms with E-state index in [1.54, 1.807) is 0 Å². The molecule has 0 fully saturated rings. The third kappa shape index (κ3) is 2.21. The fourth-order valence-electron chi connectivity index (χ4n) is 1.35. The van der Waals surface area contributed by atoms with Crippen LogP contribution in [0.2, 0.25) is 0 Å². The van der Waals surface area contributed by atoms with Crippen molar-refractivity contribution in [2.45, 2.75) is 33.2 Å². The smallest absolute Gasteiger partial charge is 0.166 e. The van der Waals surface area contributed by atoms with Crippen LogP contribution in [0.25, 0.3) is 0 Å². The van der Waals surface area contributed by atoms with E-state index in [1.165, 1.54) is 0 Å². The summed E-state index contributed by atoms with van der Waals surface area (Å²) in [6.45, 7) is 5.10. The molecular weight excluding hydrogens is 230 g/mol. The molecular formula is C10H14BrNO. The number of carbonyl (C=O) groups is 1. The lowest BCUT2D eigenvalue weighted by atomic mass is 10.3. The second-order valence-electron chi connectivity index (χ2n) is 3.13. The Labute approximate surface area is 87.1 Å². The lowest BCUT2D eigenvalue weighted by Gasteiger charge is -2.06. The molecule has 3 heteroatoms. The molecule has 0 aliphatic carbocycles. The topological polar surface area (TPSA) is 22.0 Å². The minimum absolute atomic E-state index is 0.762. The number of carbonyl (C=O) groups excluding carboxylic acids is 1. The molecule has 0 saturated heterocycles. The number of nitrogens with zero attached hydrogens (tertiary/aromatic N) is 1. The molecule has 2 nitrogen and oxygen atoms in total. The van der Waals surface area contributed by atoms with Crippen molar-refractivity contribution in [3.05, 3.63) is 21.9 Å². The van der Waals surface area contributed by atoms with Gasteiger partial charge in [-0.05, 0) is 35.3 Å². The summed E-state index contributed by atoms with van der Waals surface area (Å²) in [5.74, 6) is 0. The summed E-state index contributed by atoms with van der Waals surface area (Å²) in [7, 11) is 0. The van der Waals surface area contributed by atoms with E-state index in [0.717, 1.165) is 41.5 Å². The largest absolute Gasteiger partial charge is 0.342 e. The molecule has 0 amide bonds. The van der Waals surface area contributed by atoms with Crippen molar-refractivity contribution >= 4 is 22.2 Å². The lowest BCUT2D eigenvalue weighted by molar-refractivity contribution is 0.111. The highest BCUT2D eigenvalue weighted by Crippen LogP contribution is 2.20. The van der Waals surface area contributed by atoms with E-state index in [4.69, 9.17) is 0 Å². The molecule has 0 radical (unpaired) electrons. The summed E-state index contributed by atoms with van der Waals surface area (Å²) < 4.78 is 3.08. The van der Waals surface area contributed by atoms with Crippen molar-refractivity contribution in [1.82, 2.24) is 4.57 Å². The van der Waals surface area contributed by atoms with Gasteiger partial charge in [-0.3, -0.25) is 4.79 Å². The van der Waals surface area contributed by atoms with Crippen LogP contribution in [0.15, 0.2) is 10.5 Å². The minimum atomic E-state index is 0.762. The number of halogens is 1. The van der Waals surface area contributed by atoms with Gasteiger partial charge in [0.1, 0.15) is 0 Å². The average molecular weight is 244 g/mol. The van der Waals surface area contributed by atoms with Crippen LogP contribution < -0.4 is 0 Å². The Morgan fingerprint density at radius 3 is 2.85 bits per heavy atom. The first-order valence-electron chi connectivity index (χ1n) is 4.51. The number of rotatable bonds is 4. The quantitative estimate of drug-likeness (QED) is 0.745. The molecule has 0 N–H and O–H groups in total. The minimum Gasteiger partial charge on any atom is -0.342 e. The number of aldehydes is 1. The van der Waals surface area contributed by atoms with Crippen molar-refractivity contribution in [1.29, 1.82) is 0 Å². The maximum absolute atomic E-state index is 10.7. The van der Waals surface area contributed by atoms with E-state index >= 15 is 0 Å². The van der Waals surface area contributed by atoms with Gasteiger partial charge in [-0.25, -0.2) is 0 Å². The van der Waals surface area contributed by atoms with E-state index in [0.29, 0.717) is 0 Å². The SMILES string of the molecule is CCCCn1c(C=O)cc(Br)c1C. The third-order valence-electron chi connectivity index (χ3n) is 2.19. The number of hydrogen-bond acceptors (Lipinski definition) is 1. The molecule has 1 rings (SSSR count). The van der Waals surface area contributed by atoms with E-state index in [1.807, 2.05) is 13.0 Å². The Morgan fingerprint density at radius 1 is 1.62 bits per heavy atom. The van der Waals surface area contributed by atoms with E-state index in [-0.39, 0.29) is 0 Å². The highest BCUT2D eigenvalue weighted by atomic mass is 79.9.